The lowest BCUT2D eigenvalue weighted by atomic mass is 9.97. The molecule has 3 heterocycles. The summed E-state index contributed by atoms with van der Waals surface area (Å²) in [5, 5.41) is 18.6. The summed E-state index contributed by atoms with van der Waals surface area (Å²) < 4.78 is 7.57. The Hall–Kier alpha value is -3.52. The molecule has 0 saturated carbocycles. The van der Waals surface area contributed by atoms with Crippen molar-refractivity contribution in [3.05, 3.63) is 53.7 Å². The van der Waals surface area contributed by atoms with Gasteiger partial charge in [-0.1, -0.05) is 17.3 Å². The van der Waals surface area contributed by atoms with Crippen molar-refractivity contribution in [3.8, 4) is 22.8 Å². The first-order chi connectivity index (χ1) is 15.5. The largest absolute Gasteiger partial charge is 0.481 e. The van der Waals surface area contributed by atoms with Gasteiger partial charge in [-0.2, -0.15) is 10.1 Å². The Morgan fingerprint density at radius 3 is 2.81 bits per heavy atom. The van der Waals surface area contributed by atoms with E-state index in [9.17, 15) is 4.79 Å². The number of benzene rings is 2. The number of nitrogens with zero attached hydrogens (tertiary/aromatic N) is 5. The summed E-state index contributed by atoms with van der Waals surface area (Å²) in [5.74, 6) is 0.290. The molecule has 2 aromatic heterocycles. The lowest BCUT2D eigenvalue weighted by Crippen LogP contribution is -2.32. The van der Waals surface area contributed by atoms with Crippen molar-refractivity contribution < 1.29 is 14.4 Å². The molecule has 0 spiro atoms. The fourth-order valence-electron chi connectivity index (χ4n) is 4.25. The molecule has 0 fully saturated rings. The lowest BCUT2D eigenvalue weighted by Gasteiger charge is -2.28. The van der Waals surface area contributed by atoms with Crippen molar-refractivity contribution in [1.29, 1.82) is 0 Å². The van der Waals surface area contributed by atoms with Gasteiger partial charge in [0, 0.05) is 42.2 Å². The van der Waals surface area contributed by atoms with Gasteiger partial charge in [-0.15, -0.1) is 0 Å². The fraction of sp³-hybridized carbons (Fsp3) is 0.333. The monoisotopic (exact) mass is 431 g/mol. The lowest BCUT2D eigenvalue weighted by molar-refractivity contribution is -0.137. The third-order valence-corrected chi connectivity index (χ3v) is 5.96. The highest BCUT2D eigenvalue weighted by atomic mass is 16.5. The molecule has 0 saturated heterocycles. The molecule has 8 heteroatoms. The van der Waals surface area contributed by atoms with Crippen LogP contribution >= 0.6 is 0 Å². The zero-order valence-corrected chi connectivity index (χ0v) is 18.2. The van der Waals surface area contributed by atoms with Crippen LogP contribution in [-0.4, -0.2) is 49.0 Å². The van der Waals surface area contributed by atoms with E-state index >= 15 is 0 Å². The summed E-state index contributed by atoms with van der Waals surface area (Å²) in [5.41, 5.74) is 5.35. The van der Waals surface area contributed by atoms with E-state index in [1.165, 1.54) is 11.1 Å². The zero-order valence-electron chi connectivity index (χ0n) is 18.2. The average Bonchev–Trinajstić information content (AvgIpc) is 3.44. The maximum atomic E-state index is 10.8. The quantitative estimate of drug-likeness (QED) is 0.489. The molecule has 0 amide bonds. The van der Waals surface area contributed by atoms with Gasteiger partial charge in [-0.3, -0.25) is 14.4 Å². The van der Waals surface area contributed by atoms with Crippen molar-refractivity contribution in [2.75, 3.05) is 13.1 Å². The molecule has 1 aliphatic heterocycles. The Labute approximate surface area is 185 Å². The summed E-state index contributed by atoms with van der Waals surface area (Å²) in [6.45, 7) is 6.41. The summed E-state index contributed by atoms with van der Waals surface area (Å²) in [7, 11) is 0. The van der Waals surface area contributed by atoms with E-state index in [1.54, 1.807) is 0 Å². The SMILES string of the molecule is CC(C)n1ncc2cc(-c3nc(-c4ccc5c(c4)CCN(CCC(=O)O)C5)no3)ccc21. The molecule has 0 unspecified atom stereocenters. The molecule has 1 aliphatic rings. The molecule has 5 rings (SSSR count). The molecule has 8 nitrogen and oxygen atoms in total. The van der Waals surface area contributed by atoms with Crippen molar-refractivity contribution in [1.82, 2.24) is 24.8 Å². The van der Waals surface area contributed by atoms with Gasteiger partial charge >= 0.3 is 5.97 Å². The maximum absolute atomic E-state index is 10.8. The Bertz CT molecular complexity index is 1290. The van der Waals surface area contributed by atoms with Gasteiger partial charge < -0.3 is 9.63 Å². The third kappa shape index (κ3) is 3.89. The molecule has 2 aromatic carbocycles. The molecule has 0 aliphatic carbocycles. The van der Waals surface area contributed by atoms with E-state index in [0.717, 1.165) is 41.5 Å². The predicted molar refractivity (Wildman–Crippen MR) is 120 cm³/mol. The van der Waals surface area contributed by atoms with Crippen LogP contribution in [0.5, 0.6) is 0 Å². The van der Waals surface area contributed by atoms with Gasteiger partial charge in [0.1, 0.15) is 0 Å². The van der Waals surface area contributed by atoms with Crippen LogP contribution in [0.4, 0.5) is 0 Å². The molecule has 0 radical (unpaired) electrons. The van der Waals surface area contributed by atoms with E-state index in [4.69, 9.17) is 9.63 Å². The van der Waals surface area contributed by atoms with E-state index in [0.29, 0.717) is 24.3 Å². The topological polar surface area (TPSA) is 97.3 Å². The zero-order chi connectivity index (χ0) is 22.2. The van der Waals surface area contributed by atoms with Crippen LogP contribution in [0.15, 0.2) is 47.1 Å². The highest BCUT2D eigenvalue weighted by molar-refractivity contribution is 5.83. The predicted octanol–water partition coefficient (Wildman–Crippen LogP) is 4.17. The second-order valence-electron chi connectivity index (χ2n) is 8.53. The molecule has 32 heavy (non-hydrogen) atoms. The van der Waals surface area contributed by atoms with Crippen LogP contribution < -0.4 is 0 Å². The number of carboxylic acids is 1. The van der Waals surface area contributed by atoms with E-state index in [2.05, 4.69) is 46.1 Å². The van der Waals surface area contributed by atoms with Gasteiger partial charge in [0.05, 0.1) is 18.1 Å². The van der Waals surface area contributed by atoms with Crippen molar-refractivity contribution in [2.24, 2.45) is 0 Å². The number of carboxylic acid groups (broad SMARTS) is 1. The number of fused-ring (bicyclic) bond motifs is 2. The first-order valence-corrected chi connectivity index (χ1v) is 10.9. The van der Waals surface area contributed by atoms with Crippen LogP contribution in [0.25, 0.3) is 33.7 Å². The summed E-state index contributed by atoms with van der Waals surface area (Å²) in [6.07, 6.45) is 2.91. The minimum absolute atomic E-state index is 0.170. The number of aromatic nitrogens is 4. The Morgan fingerprint density at radius 2 is 2.00 bits per heavy atom. The van der Waals surface area contributed by atoms with Crippen LogP contribution in [0.1, 0.15) is 37.4 Å². The highest BCUT2D eigenvalue weighted by Crippen LogP contribution is 2.29. The first kappa shape index (κ1) is 20.4. The van der Waals surface area contributed by atoms with Crippen LogP contribution in [0.3, 0.4) is 0 Å². The van der Waals surface area contributed by atoms with E-state index < -0.39 is 5.97 Å². The molecule has 4 aromatic rings. The molecule has 0 bridgehead atoms. The second-order valence-corrected chi connectivity index (χ2v) is 8.53. The van der Waals surface area contributed by atoms with Gasteiger partial charge in [-0.05, 0) is 55.7 Å². The number of carbonyl (C=O) groups is 1. The molecular weight excluding hydrogens is 406 g/mol. The number of rotatable bonds is 6. The smallest absolute Gasteiger partial charge is 0.304 e. The average molecular weight is 431 g/mol. The highest BCUT2D eigenvalue weighted by Gasteiger charge is 2.19. The Kier molecular flexibility index (Phi) is 5.22. The first-order valence-electron chi connectivity index (χ1n) is 10.9. The summed E-state index contributed by atoms with van der Waals surface area (Å²) in [6, 6.07) is 12.5. The van der Waals surface area contributed by atoms with Crippen LogP contribution in [0, 0.1) is 0 Å². The maximum Gasteiger partial charge on any atom is 0.304 e. The fourth-order valence-corrected chi connectivity index (χ4v) is 4.25. The molecular formula is C24H25N5O3. The Balaban J connectivity index is 1.36. The van der Waals surface area contributed by atoms with Gasteiger partial charge in [0.15, 0.2) is 0 Å². The molecule has 164 valence electrons. The van der Waals surface area contributed by atoms with Gasteiger partial charge in [-0.25, -0.2) is 0 Å². The standard InChI is InChI=1S/C24H25N5O3/c1-15(2)29-21-6-5-18(12-20(21)13-25-29)24-26-23(27-32-24)17-3-4-19-14-28(10-8-22(30)31)9-7-16(19)11-17/h3-6,11-13,15H,7-10,14H2,1-2H3,(H,30,31). The van der Waals surface area contributed by atoms with Gasteiger partial charge in [0.2, 0.25) is 5.82 Å². The number of aliphatic carboxylic acids is 1. The van der Waals surface area contributed by atoms with E-state index in [-0.39, 0.29) is 6.42 Å². The van der Waals surface area contributed by atoms with Crippen molar-refractivity contribution >= 4 is 16.9 Å². The van der Waals surface area contributed by atoms with Crippen LogP contribution in [-0.2, 0) is 17.8 Å². The van der Waals surface area contributed by atoms with Crippen molar-refractivity contribution in [3.63, 3.8) is 0 Å². The van der Waals surface area contributed by atoms with Gasteiger partial charge in [0.25, 0.3) is 5.89 Å². The third-order valence-electron chi connectivity index (χ3n) is 5.96. The normalized spacial score (nSPS) is 14.2. The minimum Gasteiger partial charge on any atom is -0.481 e. The second kappa shape index (κ2) is 8.20. The minimum atomic E-state index is -0.757. The number of hydrogen-bond donors (Lipinski definition) is 1. The summed E-state index contributed by atoms with van der Waals surface area (Å²) >= 11 is 0. The van der Waals surface area contributed by atoms with Crippen molar-refractivity contribution in [2.45, 2.75) is 39.3 Å². The number of hydrogen-bond acceptors (Lipinski definition) is 6. The van der Waals surface area contributed by atoms with E-state index in [1.807, 2.05) is 35.1 Å². The molecule has 1 N–H and O–H groups in total. The van der Waals surface area contributed by atoms with Crippen LogP contribution in [0.2, 0.25) is 0 Å². The molecule has 0 atom stereocenters. The Morgan fingerprint density at radius 1 is 1.16 bits per heavy atom. The summed E-state index contributed by atoms with van der Waals surface area (Å²) in [4.78, 5) is 17.6.